The van der Waals surface area contributed by atoms with E-state index in [9.17, 15) is 5.26 Å². The third-order valence-electron chi connectivity index (χ3n) is 4.84. The standard InChI is InChI=1S/C22H25N5S/c1-4-20(26(2)3)21-24-25-22(27(21)15-17-10-6-5-7-11-17)28-16-19-13-9-8-12-18(19)14-23/h5-13,20H,4,15-16H2,1-3H3/p+1/t20-/m0/s1. The molecular formula is C22H26N5S+. The van der Waals surface area contributed by atoms with Gasteiger partial charge in [-0.05, 0) is 17.2 Å². The van der Waals surface area contributed by atoms with Crippen molar-refractivity contribution in [3.8, 4) is 6.07 Å². The number of nitrogens with zero attached hydrogens (tertiary/aromatic N) is 4. The smallest absolute Gasteiger partial charge is 0.192 e. The Morgan fingerprint density at radius 2 is 1.79 bits per heavy atom. The van der Waals surface area contributed by atoms with Crippen molar-refractivity contribution in [2.24, 2.45) is 0 Å². The second-order valence-corrected chi connectivity index (χ2v) is 7.95. The van der Waals surface area contributed by atoms with E-state index in [1.54, 1.807) is 11.8 Å². The molecule has 1 aromatic heterocycles. The fourth-order valence-electron chi connectivity index (χ4n) is 3.33. The Morgan fingerprint density at radius 1 is 1.07 bits per heavy atom. The third-order valence-corrected chi connectivity index (χ3v) is 5.86. The summed E-state index contributed by atoms with van der Waals surface area (Å²) in [7, 11) is 4.32. The minimum Gasteiger partial charge on any atom is -0.331 e. The number of nitriles is 1. The van der Waals surface area contributed by atoms with Crippen LogP contribution >= 0.6 is 11.8 Å². The number of thioether (sulfide) groups is 1. The molecule has 1 N–H and O–H groups in total. The quantitative estimate of drug-likeness (QED) is 0.599. The van der Waals surface area contributed by atoms with Crippen LogP contribution in [-0.4, -0.2) is 28.9 Å². The van der Waals surface area contributed by atoms with Crippen molar-refractivity contribution in [1.29, 1.82) is 5.26 Å². The highest BCUT2D eigenvalue weighted by molar-refractivity contribution is 7.98. The summed E-state index contributed by atoms with van der Waals surface area (Å²) in [5.41, 5.74) is 2.97. The summed E-state index contributed by atoms with van der Waals surface area (Å²) in [6.45, 7) is 2.93. The van der Waals surface area contributed by atoms with Gasteiger partial charge in [0.15, 0.2) is 11.0 Å². The maximum absolute atomic E-state index is 9.34. The lowest BCUT2D eigenvalue weighted by molar-refractivity contribution is -0.893. The molecular weight excluding hydrogens is 366 g/mol. The van der Waals surface area contributed by atoms with E-state index in [0.29, 0.717) is 11.3 Å². The molecule has 0 saturated heterocycles. The Labute approximate surface area is 171 Å². The molecule has 144 valence electrons. The molecule has 0 bridgehead atoms. The number of benzene rings is 2. The molecule has 0 aliphatic carbocycles. The van der Waals surface area contributed by atoms with E-state index in [1.807, 2.05) is 30.3 Å². The molecule has 0 fully saturated rings. The normalized spacial score (nSPS) is 12.1. The summed E-state index contributed by atoms with van der Waals surface area (Å²) in [5.74, 6) is 1.71. The van der Waals surface area contributed by atoms with Crippen LogP contribution in [0.2, 0.25) is 0 Å². The lowest BCUT2D eigenvalue weighted by Crippen LogP contribution is -3.06. The number of quaternary nitrogens is 1. The highest BCUT2D eigenvalue weighted by atomic mass is 32.2. The van der Waals surface area contributed by atoms with Crippen molar-refractivity contribution >= 4 is 11.8 Å². The Balaban J connectivity index is 1.91. The van der Waals surface area contributed by atoms with Crippen LogP contribution in [0.15, 0.2) is 59.8 Å². The molecule has 1 heterocycles. The minimum atomic E-state index is 0.289. The number of aromatic nitrogens is 3. The van der Waals surface area contributed by atoms with Crippen LogP contribution in [0.3, 0.4) is 0 Å². The number of rotatable bonds is 8. The van der Waals surface area contributed by atoms with Gasteiger partial charge >= 0.3 is 0 Å². The van der Waals surface area contributed by atoms with Crippen LogP contribution in [0.5, 0.6) is 0 Å². The first-order valence-corrected chi connectivity index (χ1v) is 10.5. The Kier molecular flexibility index (Phi) is 6.85. The number of hydrogen-bond donors (Lipinski definition) is 1. The molecule has 0 aliphatic heterocycles. The highest BCUT2D eigenvalue weighted by Crippen LogP contribution is 2.26. The van der Waals surface area contributed by atoms with Gasteiger partial charge in [0.05, 0.1) is 32.3 Å². The second-order valence-electron chi connectivity index (χ2n) is 7.01. The lowest BCUT2D eigenvalue weighted by Gasteiger charge is -2.20. The van der Waals surface area contributed by atoms with E-state index in [-0.39, 0.29) is 6.04 Å². The molecule has 0 amide bonds. The van der Waals surface area contributed by atoms with Crippen LogP contribution in [0.4, 0.5) is 0 Å². The van der Waals surface area contributed by atoms with Gasteiger partial charge in [0.2, 0.25) is 0 Å². The van der Waals surface area contributed by atoms with E-state index in [4.69, 9.17) is 0 Å². The fraction of sp³-hybridized carbons (Fsp3) is 0.318. The third kappa shape index (κ3) is 4.61. The Hall–Kier alpha value is -2.62. The van der Waals surface area contributed by atoms with Crippen molar-refractivity contribution in [1.82, 2.24) is 14.8 Å². The lowest BCUT2D eigenvalue weighted by atomic mass is 10.1. The van der Waals surface area contributed by atoms with Gasteiger partial charge in [0, 0.05) is 12.2 Å². The van der Waals surface area contributed by atoms with E-state index < -0.39 is 0 Å². The summed E-state index contributed by atoms with van der Waals surface area (Å²) >= 11 is 1.64. The van der Waals surface area contributed by atoms with E-state index in [2.05, 4.69) is 66.1 Å². The molecule has 2 aromatic carbocycles. The fourth-order valence-corrected chi connectivity index (χ4v) is 4.27. The molecule has 0 aliphatic rings. The van der Waals surface area contributed by atoms with Crippen molar-refractivity contribution in [2.45, 2.75) is 36.8 Å². The van der Waals surface area contributed by atoms with Gasteiger partial charge in [0.1, 0.15) is 6.04 Å². The van der Waals surface area contributed by atoms with Gasteiger partial charge in [-0.2, -0.15) is 5.26 Å². The average molecular weight is 393 g/mol. The molecule has 1 atom stereocenters. The SMILES string of the molecule is CC[C@@H](c1nnc(SCc2ccccc2C#N)n1Cc1ccccc1)[NH+](C)C. The van der Waals surface area contributed by atoms with Crippen molar-refractivity contribution in [3.05, 3.63) is 77.1 Å². The molecule has 3 rings (SSSR count). The van der Waals surface area contributed by atoms with Crippen LogP contribution in [0, 0.1) is 11.3 Å². The summed E-state index contributed by atoms with van der Waals surface area (Å²) < 4.78 is 2.23. The van der Waals surface area contributed by atoms with Gasteiger partial charge in [-0.15, -0.1) is 10.2 Å². The van der Waals surface area contributed by atoms with Gasteiger partial charge < -0.3 is 4.90 Å². The van der Waals surface area contributed by atoms with E-state index in [1.165, 1.54) is 10.5 Å². The first-order chi connectivity index (χ1) is 13.6. The van der Waals surface area contributed by atoms with Crippen molar-refractivity contribution in [2.75, 3.05) is 14.1 Å². The maximum atomic E-state index is 9.34. The predicted octanol–water partition coefficient (Wildman–Crippen LogP) is 3.09. The summed E-state index contributed by atoms with van der Waals surface area (Å²) in [5, 5.41) is 19.3. The topological polar surface area (TPSA) is 58.9 Å². The second kappa shape index (κ2) is 9.54. The van der Waals surface area contributed by atoms with E-state index in [0.717, 1.165) is 29.5 Å². The summed E-state index contributed by atoms with van der Waals surface area (Å²) in [4.78, 5) is 1.34. The molecule has 0 saturated carbocycles. The van der Waals surface area contributed by atoms with Crippen LogP contribution in [-0.2, 0) is 12.3 Å². The summed E-state index contributed by atoms with van der Waals surface area (Å²) in [6.07, 6.45) is 0.997. The van der Waals surface area contributed by atoms with Crippen molar-refractivity contribution < 1.29 is 4.90 Å². The van der Waals surface area contributed by atoms with Gasteiger partial charge in [0.25, 0.3) is 0 Å². The van der Waals surface area contributed by atoms with E-state index >= 15 is 0 Å². The zero-order valence-corrected chi connectivity index (χ0v) is 17.4. The zero-order chi connectivity index (χ0) is 19.9. The number of hydrogen-bond acceptors (Lipinski definition) is 4. The predicted molar refractivity (Wildman–Crippen MR) is 112 cm³/mol. The average Bonchev–Trinajstić information content (AvgIpc) is 3.10. The molecule has 0 radical (unpaired) electrons. The largest absolute Gasteiger partial charge is 0.331 e. The molecule has 0 spiro atoms. The highest BCUT2D eigenvalue weighted by Gasteiger charge is 2.25. The van der Waals surface area contributed by atoms with Crippen LogP contribution < -0.4 is 4.90 Å². The van der Waals surface area contributed by atoms with Crippen LogP contribution in [0.1, 0.15) is 41.9 Å². The van der Waals surface area contributed by atoms with Crippen molar-refractivity contribution in [3.63, 3.8) is 0 Å². The minimum absolute atomic E-state index is 0.289. The number of nitrogens with one attached hydrogen (secondary N) is 1. The molecule has 3 aromatic rings. The first kappa shape index (κ1) is 20.1. The molecule has 5 nitrogen and oxygen atoms in total. The zero-order valence-electron chi connectivity index (χ0n) is 16.6. The first-order valence-electron chi connectivity index (χ1n) is 9.51. The summed E-state index contributed by atoms with van der Waals surface area (Å²) in [6, 6.07) is 20.7. The Morgan fingerprint density at radius 3 is 2.46 bits per heavy atom. The van der Waals surface area contributed by atoms with Gasteiger partial charge in [-0.3, -0.25) is 4.57 Å². The molecule has 0 unspecified atom stereocenters. The van der Waals surface area contributed by atoms with Gasteiger partial charge in [-0.1, -0.05) is 67.2 Å². The van der Waals surface area contributed by atoms with Crippen LogP contribution in [0.25, 0.3) is 0 Å². The monoisotopic (exact) mass is 392 g/mol. The maximum Gasteiger partial charge on any atom is 0.192 e. The van der Waals surface area contributed by atoms with Gasteiger partial charge in [-0.25, -0.2) is 0 Å². The molecule has 6 heteroatoms. The molecule has 28 heavy (non-hydrogen) atoms. The Bertz CT molecular complexity index is 943.